The predicted molar refractivity (Wildman–Crippen MR) is 72.3 cm³/mol. The molecule has 1 aromatic carbocycles. The van der Waals surface area contributed by atoms with Crippen LogP contribution in [0.5, 0.6) is 0 Å². The van der Waals surface area contributed by atoms with Crippen molar-refractivity contribution in [3.05, 3.63) is 35.7 Å². The van der Waals surface area contributed by atoms with Crippen molar-refractivity contribution < 1.29 is 13.3 Å². The third kappa shape index (κ3) is 3.08. The van der Waals surface area contributed by atoms with Gasteiger partial charge in [0.1, 0.15) is 0 Å². The highest BCUT2D eigenvalue weighted by molar-refractivity contribution is 5.52. The molecule has 0 amide bonds. The summed E-state index contributed by atoms with van der Waals surface area (Å²) >= 11 is 0. The maximum absolute atomic E-state index is 13.2. The molecule has 3 rings (SSSR count). The fourth-order valence-corrected chi connectivity index (χ4v) is 2.46. The first-order valence-corrected chi connectivity index (χ1v) is 6.90. The number of rotatable bonds is 4. The second-order valence-corrected chi connectivity index (χ2v) is 5.20. The summed E-state index contributed by atoms with van der Waals surface area (Å²) in [5.74, 6) is -1.35. The molecule has 0 saturated carbocycles. The molecule has 1 aromatic heterocycles. The van der Waals surface area contributed by atoms with Crippen molar-refractivity contribution in [2.45, 2.75) is 18.9 Å². The van der Waals surface area contributed by atoms with Crippen LogP contribution in [0.25, 0.3) is 11.5 Å². The van der Waals surface area contributed by atoms with Crippen molar-refractivity contribution in [3.63, 3.8) is 0 Å². The van der Waals surface area contributed by atoms with E-state index in [-0.39, 0.29) is 11.9 Å². The molecule has 2 heterocycles. The zero-order chi connectivity index (χ0) is 14.8. The first kappa shape index (κ1) is 14.1. The smallest absolute Gasteiger partial charge is 0.258 e. The van der Waals surface area contributed by atoms with Crippen molar-refractivity contribution in [2.75, 3.05) is 19.6 Å². The van der Waals surface area contributed by atoms with Crippen molar-refractivity contribution >= 4 is 0 Å². The van der Waals surface area contributed by atoms with E-state index in [0.29, 0.717) is 17.9 Å². The summed E-state index contributed by atoms with van der Waals surface area (Å²) in [6.45, 7) is 2.72. The molecule has 0 radical (unpaired) electrons. The summed E-state index contributed by atoms with van der Waals surface area (Å²) in [4.78, 5) is 6.42. The second-order valence-electron chi connectivity index (χ2n) is 5.20. The Bertz CT molecular complexity index is 625. The molecule has 1 atom stereocenters. The lowest BCUT2D eigenvalue weighted by Gasteiger charge is -2.17. The van der Waals surface area contributed by atoms with Gasteiger partial charge in [0.05, 0.1) is 6.04 Å². The van der Waals surface area contributed by atoms with Crippen molar-refractivity contribution in [1.29, 1.82) is 0 Å². The first-order chi connectivity index (χ1) is 10.1. The maximum atomic E-state index is 13.2. The SMILES string of the molecule is NC(CN1CCCC1)c1noc(-c2ccc(F)c(F)c2)n1. The van der Waals surface area contributed by atoms with Crippen LogP contribution >= 0.6 is 0 Å². The van der Waals surface area contributed by atoms with E-state index >= 15 is 0 Å². The van der Waals surface area contributed by atoms with Crippen LogP contribution in [-0.4, -0.2) is 34.7 Å². The number of aromatic nitrogens is 2. The number of likely N-dealkylation sites (tertiary alicyclic amines) is 1. The summed E-state index contributed by atoms with van der Waals surface area (Å²) in [6.07, 6.45) is 2.36. The Balaban J connectivity index is 1.74. The first-order valence-electron chi connectivity index (χ1n) is 6.90. The molecule has 0 bridgehead atoms. The van der Waals surface area contributed by atoms with Gasteiger partial charge in [0, 0.05) is 12.1 Å². The highest BCUT2D eigenvalue weighted by atomic mass is 19.2. The van der Waals surface area contributed by atoms with Crippen molar-refractivity contribution in [3.8, 4) is 11.5 Å². The summed E-state index contributed by atoms with van der Waals surface area (Å²) in [6, 6.07) is 3.09. The van der Waals surface area contributed by atoms with Gasteiger partial charge in [-0.3, -0.25) is 0 Å². The van der Waals surface area contributed by atoms with Gasteiger partial charge in [0.25, 0.3) is 5.89 Å². The van der Waals surface area contributed by atoms with Gasteiger partial charge < -0.3 is 15.2 Å². The minimum absolute atomic E-state index is 0.140. The molecule has 0 aliphatic carbocycles. The topological polar surface area (TPSA) is 68.2 Å². The molecular formula is C14H16F2N4O. The third-order valence-corrected chi connectivity index (χ3v) is 3.59. The molecule has 1 aliphatic rings. The monoisotopic (exact) mass is 294 g/mol. The molecule has 0 spiro atoms. The highest BCUT2D eigenvalue weighted by Gasteiger charge is 2.20. The zero-order valence-electron chi connectivity index (χ0n) is 11.4. The zero-order valence-corrected chi connectivity index (χ0v) is 11.4. The fourth-order valence-electron chi connectivity index (χ4n) is 2.46. The van der Waals surface area contributed by atoms with E-state index in [9.17, 15) is 8.78 Å². The average molecular weight is 294 g/mol. The number of nitrogens with two attached hydrogens (primary N) is 1. The van der Waals surface area contributed by atoms with E-state index in [1.165, 1.54) is 18.9 Å². The molecule has 1 fully saturated rings. The molecule has 112 valence electrons. The predicted octanol–water partition coefficient (Wildman–Crippen LogP) is 2.11. The van der Waals surface area contributed by atoms with Crippen LogP contribution in [0.4, 0.5) is 8.78 Å². The summed E-state index contributed by atoms with van der Waals surface area (Å²) in [7, 11) is 0. The fraction of sp³-hybridized carbons (Fsp3) is 0.429. The summed E-state index contributed by atoms with van der Waals surface area (Å²) in [5, 5.41) is 3.83. The van der Waals surface area contributed by atoms with Crippen molar-refractivity contribution in [1.82, 2.24) is 15.0 Å². The van der Waals surface area contributed by atoms with Crippen LogP contribution in [0.1, 0.15) is 24.7 Å². The van der Waals surface area contributed by atoms with Gasteiger partial charge in [-0.05, 0) is 44.1 Å². The van der Waals surface area contributed by atoms with E-state index in [4.69, 9.17) is 10.3 Å². The van der Waals surface area contributed by atoms with Crippen LogP contribution in [0.3, 0.4) is 0 Å². The van der Waals surface area contributed by atoms with Gasteiger partial charge in [-0.25, -0.2) is 8.78 Å². The summed E-state index contributed by atoms with van der Waals surface area (Å²) < 4.78 is 31.2. The number of nitrogens with zero attached hydrogens (tertiary/aromatic N) is 3. The number of halogens is 2. The van der Waals surface area contributed by atoms with Gasteiger partial charge in [-0.2, -0.15) is 4.98 Å². The van der Waals surface area contributed by atoms with E-state index in [2.05, 4.69) is 15.0 Å². The molecule has 5 nitrogen and oxygen atoms in total. The molecule has 1 aliphatic heterocycles. The second kappa shape index (κ2) is 5.87. The minimum Gasteiger partial charge on any atom is -0.334 e. The van der Waals surface area contributed by atoms with Crippen LogP contribution in [0, 0.1) is 11.6 Å². The lowest BCUT2D eigenvalue weighted by Crippen LogP contribution is -2.30. The number of benzene rings is 1. The van der Waals surface area contributed by atoms with Crippen LogP contribution in [0.15, 0.2) is 22.7 Å². The van der Waals surface area contributed by atoms with E-state index in [1.54, 1.807) is 0 Å². The average Bonchev–Trinajstić information content (AvgIpc) is 3.12. The third-order valence-electron chi connectivity index (χ3n) is 3.59. The van der Waals surface area contributed by atoms with Gasteiger partial charge >= 0.3 is 0 Å². The molecule has 2 aromatic rings. The Morgan fingerprint density at radius 3 is 2.71 bits per heavy atom. The largest absolute Gasteiger partial charge is 0.334 e. The van der Waals surface area contributed by atoms with Gasteiger partial charge in [0.2, 0.25) is 0 Å². The van der Waals surface area contributed by atoms with E-state index < -0.39 is 11.6 Å². The molecule has 2 N–H and O–H groups in total. The number of hydrogen-bond donors (Lipinski definition) is 1. The quantitative estimate of drug-likeness (QED) is 0.935. The van der Waals surface area contributed by atoms with Gasteiger partial charge in [0.15, 0.2) is 17.5 Å². The Hall–Kier alpha value is -1.86. The Kier molecular flexibility index (Phi) is 3.94. The summed E-state index contributed by atoms with van der Waals surface area (Å²) in [5.41, 5.74) is 6.39. The molecule has 7 heteroatoms. The highest BCUT2D eigenvalue weighted by Crippen LogP contribution is 2.21. The lowest BCUT2D eigenvalue weighted by atomic mass is 10.2. The van der Waals surface area contributed by atoms with E-state index in [0.717, 1.165) is 25.2 Å². The Labute approximate surface area is 120 Å². The minimum atomic E-state index is -0.950. The Morgan fingerprint density at radius 2 is 2.00 bits per heavy atom. The van der Waals surface area contributed by atoms with E-state index in [1.807, 2.05) is 0 Å². The molecule has 1 unspecified atom stereocenters. The molecule has 21 heavy (non-hydrogen) atoms. The van der Waals surface area contributed by atoms with Crippen molar-refractivity contribution in [2.24, 2.45) is 5.73 Å². The van der Waals surface area contributed by atoms with Gasteiger partial charge in [-0.1, -0.05) is 5.16 Å². The van der Waals surface area contributed by atoms with Crippen LogP contribution in [-0.2, 0) is 0 Å². The standard InChI is InChI=1S/C14H16F2N4O/c15-10-4-3-9(7-11(10)16)14-18-13(19-21-14)12(17)8-20-5-1-2-6-20/h3-4,7,12H,1-2,5-6,8,17H2. The molecule has 1 saturated heterocycles. The van der Waals surface area contributed by atoms with Crippen LogP contribution in [0.2, 0.25) is 0 Å². The lowest BCUT2D eigenvalue weighted by molar-refractivity contribution is 0.306. The number of hydrogen-bond acceptors (Lipinski definition) is 5. The van der Waals surface area contributed by atoms with Crippen LogP contribution < -0.4 is 5.73 Å². The van der Waals surface area contributed by atoms with Gasteiger partial charge in [-0.15, -0.1) is 0 Å². The molecular weight excluding hydrogens is 278 g/mol. The normalized spacial score (nSPS) is 17.3. The Morgan fingerprint density at radius 1 is 1.24 bits per heavy atom. The maximum Gasteiger partial charge on any atom is 0.258 e.